The van der Waals surface area contributed by atoms with Gasteiger partial charge in [-0.25, -0.2) is 0 Å². The van der Waals surface area contributed by atoms with Crippen molar-refractivity contribution in [2.24, 2.45) is 0 Å². The minimum Gasteiger partial charge on any atom is -0.493 e. The lowest BCUT2D eigenvalue weighted by Crippen LogP contribution is -2.34. The summed E-state index contributed by atoms with van der Waals surface area (Å²) in [5, 5.41) is 3.05. The van der Waals surface area contributed by atoms with Crippen molar-refractivity contribution < 1.29 is 23.7 Å². The molecular formula is C19H29NO5. The quantitative estimate of drug-likeness (QED) is 0.741. The van der Waals surface area contributed by atoms with Crippen LogP contribution in [0.3, 0.4) is 0 Å². The first-order valence-electron chi connectivity index (χ1n) is 8.77. The third-order valence-corrected chi connectivity index (χ3v) is 4.44. The van der Waals surface area contributed by atoms with Crippen LogP contribution in [0.4, 0.5) is 0 Å². The zero-order valence-corrected chi connectivity index (χ0v) is 15.6. The topological polar surface area (TPSA) is 66.0 Å². The molecule has 1 heterocycles. The molecule has 2 rings (SSSR count). The van der Waals surface area contributed by atoms with E-state index in [4.69, 9.17) is 18.9 Å². The van der Waals surface area contributed by atoms with Crippen molar-refractivity contribution in [1.29, 1.82) is 0 Å². The van der Waals surface area contributed by atoms with Crippen LogP contribution in [0, 0.1) is 0 Å². The van der Waals surface area contributed by atoms with Gasteiger partial charge in [0, 0.05) is 12.6 Å². The van der Waals surface area contributed by atoms with E-state index in [9.17, 15) is 4.79 Å². The minimum atomic E-state index is -0.0193. The van der Waals surface area contributed by atoms with E-state index < -0.39 is 0 Å². The number of carbonyl (C=O) groups is 1. The monoisotopic (exact) mass is 351 g/mol. The molecule has 0 bridgehead atoms. The lowest BCUT2D eigenvalue weighted by Gasteiger charge is -2.17. The summed E-state index contributed by atoms with van der Waals surface area (Å²) in [6.07, 6.45) is 4.81. The highest BCUT2D eigenvalue weighted by Gasteiger charge is 2.18. The predicted molar refractivity (Wildman–Crippen MR) is 95.6 cm³/mol. The second kappa shape index (κ2) is 9.51. The molecule has 1 fully saturated rings. The zero-order valence-electron chi connectivity index (χ0n) is 15.6. The molecule has 1 aromatic rings. The molecule has 1 aromatic carbocycles. The Labute approximate surface area is 149 Å². The summed E-state index contributed by atoms with van der Waals surface area (Å²) in [6, 6.07) is 3.73. The summed E-state index contributed by atoms with van der Waals surface area (Å²) in [5.41, 5.74) is 0.818. The first-order chi connectivity index (χ1) is 12.1. The molecule has 0 aromatic heterocycles. The van der Waals surface area contributed by atoms with Gasteiger partial charge >= 0.3 is 0 Å². The number of methoxy groups -OCH3 is 3. The van der Waals surface area contributed by atoms with Crippen LogP contribution in [0.25, 0.3) is 0 Å². The van der Waals surface area contributed by atoms with Gasteiger partial charge in [-0.05, 0) is 50.3 Å². The Hall–Kier alpha value is -1.95. The first-order valence-corrected chi connectivity index (χ1v) is 8.77. The smallest absolute Gasteiger partial charge is 0.224 e. The van der Waals surface area contributed by atoms with Crippen LogP contribution in [0.15, 0.2) is 12.1 Å². The number of rotatable bonds is 9. The number of benzene rings is 1. The van der Waals surface area contributed by atoms with E-state index >= 15 is 0 Å². The SMILES string of the molecule is COc1cc(CC(=O)NC(C)CCC2CCCO2)cc(OC)c1OC. The van der Waals surface area contributed by atoms with Gasteiger partial charge in [0.15, 0.2) is 11.5 Å². The highest BCUT2D eigenvalue weighted by molar-refractivity contribution is 5.79. The Balaban J connectivity index is 1.90. The number of carbonyl (C=O) groups excluding carboxylic acids is 1. The van der Waals surface area contributed by atoms with Crippen molar-refractivity contribution in [3.8, 4) is 17.2 Å². The third kappa shape index (κ3) is 5.53. The third-order valence-electron chi connectivity index (χ3n) is 4.44. The second-order valence-corrected chi connectivity index (χ2v) is 6.39. The van der Waals surface area contributed by atoms with E-state index in [0.29, 0.717) is 23.4 Å². The molecule has 25 heavy (non-hydrogen) atoms. The lowest BCUT2D eigenvalue weighted by atomic mass is 10.1. The Bertz CT molecular complexity index is 544. The maximum atomic E-state index is 12.3. The van der Waals surface area contributed by atoms with Gasteiger partial charge in [-0.3, -0.25) is 4.79 Å². The Morgan fingerprint density at radius 1 is 1.24 bits per heavy atom. The molecule has 2 atom stereocenters. The maximum absolute atomic E-state index is 12.3. The minimum absolute atomic E-state index is 0.0193. The van der Waals surface area contributed by atoms with Gasteiger partial charge in [0.2, 0.25) is 11.7 Å². The molecule has 1 N–H and O–H groups in total. The molecule has 1 amide bonds. The number of ether oxygens (including phenoxy) is 4. The fraction of sp³-hybridized carbons (Fsp3) is 0.632. The van der Waals surface area contributed by atoms with E-state index in [2.05, 4.69) is 5.32 Å². The molecule has 1 saturated heterocycles. The number of hydrogen-bond donors (Lipinski definition) is 1. The van der Waals surface area contributed by atoms with E-state index in [1.807, 2.05) is 6.92 Å². The summed E-state index contributed by atoms with van der Waals surface area (Å²) in [4.78, 5) is 12.3. The summed E-state index contributed by atoms with van der Waals surface area (Å²) < 4.78 is 21.6. The number of amides is 1. The van der Waals surface area contributed by atoms with Gasteiger partial charge in [0.25, 0.3) is 0 Å². The maximum Gasteiger partial charge on any atom is 0.224 e. The van der Waals surface area contributed by atoms with E-state index in [1.54, 1.807) is 33.5 Å². The Kier molecular flexibility index (Phi) is 7.37. The average molecular weight is 351 g/mol. The molecule has 1 aliphatic heterocycles. The van der Waals surface area contributed by atoms with E-state index in [1.165, 1.54) is 0 Å². The molecule has 140 valence electrons. The molecule has 6 heteroatoms. The van der Waals surface area contributed by atoms with Crippen molar-refractivity contribution in [2.45, 2.75) is 51.2 Å². The molecular weight excluding hydrogens is 322 g/mol. The average Bonchev–Trinajstić information content (AvgIpc) is 3.12. The van der Waals surface area contributed by atoms with Crippen molar-refractivity contribution in [3.63, 3.8) is 0 Å². The zero-order chi connectivity index (χ0) is 18.2. The van der Waals surface area contributed by atoms with Gasteiger partial charge in [0.05, 0.1) is 33.9 Å². The second-order valence-electron chi connectivity index (χ2n) is 6.39. The lowest BCUT2D eigenvalue weighted by molar-refractivity contribution is -0.121. The highest BCUT2D eigenvalue weighted by Crippen LogP contribution is 2.38. The van der Waals surface area contributed by atoms with E-state index in [-0.39, 0.29) is 18.4 Å². The summed E-state index contributed by atoms with van der Waals surface area (Å²) in [7, 11) is 4.69. The van der Waals surface area contributed by atoms with Crippen molar-refractivity contribution in [2.75, 3.05) is 27.9 Å². The largest absolute Gasteiger partial charge is 0.493 e. The van der Waals surface area contributed by atoms with Gasteiger partial charge in [0.1, 0.15) is 0 Å². The highest BCUT2D eigenvalue weighted by atomic mass is 16.5. The van der Waals surface area contributed by atoms with Crippen molar-refractivity contribution >= 4 is 5.91 Å². The standard InChI is InChI=1S/C19H29NO5/c1-13(7-8-15-6-5-9-25-15)20-18(21)12-14-10-16(22-2)19(24-4)17(11-14)23-3/h10-11,13,15H,5-9,12H2,1-4H3,(H,20,21). The first kappa shape index (κ1) is 19.4. The van der Waals surface area contributed by atoms with Crippen LogP contribution in [0.1, 0.15) is 38.2 Å². The van der Waals surface area contributed by atoms with E-state index in [0.717, 1.165) is 37.9 Å². The predicted octanol–water partition coefficient (Wildman–Crippen LogP) is 2.72. The van der Waals surface area contributed by atoms with Crippen molar-refractivity contribution in [1.82, 2.24) is 5.32 Å². The van der Waals surface area contributed by atoms with Crippen molar-refractivity contribution in [3.05, 3.63) is 17.7 Å². The molecule has 0 saturated carbocycles. The van der Waals surface area contributed by atoms with Gasteiger partial charge in [-0.15, -0.1) is 0 Å². The van der Waals surface area contributed by atoms with Gasteiger partial charge < -0.3 is 24.3 Å². The molecule has 6 nitrogen and oxygen atoms in total. The van der Waals surface area contributed by atoms with Gasteiger partial charge in [-0.1, -0.05) is 0 Å². The van der Waals surface area contributed by atoms with Crippen LogP contribution < -0.4 is 19.5 Å². The van der Waals surface area contributed by atoms with Crippen LogP contribution in [-0.2, 0) is 16.0 Å². The molecule has 0 aliphatic carbocycles. The normalized spacial score (nSPS) is 17.8. The Morgan fingerprint density at radius 2 is 1.92 bits per heavy atom. The summed E-state index contributed by atoms with van der Waals surface area (Å²) in [6.45, 7) is 2.90. The number of nitrogens with one attached hydrogen (secondary N) is 1. The Morgan fingerprint density at radius 3 is 2.44 bits per heavy atom. The van der Waals surface area contributed by atoms with Crippen LogP contribution in [0.5, 0.6) is 17.2 Å². The van der Waals surface area contributed by atoms with Crippen LogP contribution in [-0.4, -0.2) is 46.0 Å². The fourth-order valence-electron chi connectivity index (χ4n) is 3.13. The summed E-state index contributed by atoms with van der Waals surface area (Å²) in [5.74, 6) is 1.61. The van der Waals surface area contributed by atoms with Crippen LogP contribution >= 0.6 is 0 Å². The molecule has 0 spiro atoms. The molecule has 0 radical (unpaired) electrons. The van der Waals surface area contributed by atoms with Crippen LogP contribution in [0.2, 0.25) is 0 Å². The van der Waals surface area contributed by atoms with Gasteiger partial charge in [-0.2, -0.15) is 0 Å². The molecule has 1 aliphatic rings. The fourth-order valence-corrected chi connectivity index (χ4v) is 3.13. The summed E-state index contributed by atoms with van der Waals surface area (Å²) >= 11 is 0. The number of hydrogen-bond acceptors (Lipinski definition) is 5. The molecule has 2 unspecified atom stereocenters.